The van der Waals surface area contributed by atoms with E-state index < -0.39 is 11.9 Å². The van der Waals surface area contributed by atoms with E-state index in [4.69, 9.17) is 5.26 Å². The van der Waals surface area contributed by atoms with Crippen LogP contribution < -0.4 is 5.32 Å². The second-order valence-corrected chi connectivity index (χ2v) is 4.70. The number of rotatable bonds is 3. The first kappa shape index (κ1) is 14.2. The molecule has 1 aromatic rings. The number of imide groups is 1. The molecule has 2 rings (SSSR count). The summed E-state index contributed by atoms with van der Waals surface area (Å²) in [7, 11) is 0. The monoisotopic (exact) mass is 275 g/mol. The third-order valence-corrected chi connectivity index (χ3v) is 3.21. The molecule has 1 N–H and O–H groups in total. The van der Waals surface area contributed by atoms with Crippen LogP contribution in [0.25, 0.3) is 0 Å². The zero-order valence-corrected chi connectivity index (χ0v) is 11.0. The van der Waals surface area contributed by atoms with Crippen LogP contribution in [0.3, 0.4) is 0 Å². The Morgan fingerprint density at radius 1 is 1.45 bits per heavy atom. The predicted octanol–water partition coefficient (Wildman–Crippen LogP) is 0.934. The van der Waals surface area contributed by atoms with Crippen molar-refractivity contribution >= 4 is 11.8 Å². The van der Waals surface area contributed by atoms with Gasteiger partial charge in [-0.05, 0) is 30.2 Å². The summed E-state index contributed by atoms with van der Waals surface area (Å²) in [6.45, 7) is 2.19. The van der Waals surface area contributed by atoms with Gasteiger partial charge in [0.15, 0.2) is 0 Å². The van der Waals surface area contributed by atoms with Crippen LogP contribution in [0.15, 0.2) is 18.2 Å². The number of hydrogen-bond acceptors (Lipinski definition) is 4. The lowest BCUT2D eigenvalue weighted by molar-refractivity contribution is -0.140. The molecular formula is C14H14FN3O2. The third-order valence-electron chi connectivity index (χ3n) is 3.21. The van der Waals surface area contributed by atoms with Crippen molar-refractivity contribution in [2.45, 2.75) is 25.9 Å². The highest BCUT2D eigenvalue weighted by Crippen LogP contribution is 2.16. The number of halogens is 1. The van der Waals surface area contributed by atoms with Crippen molar-refractivity contribution in [3.63, 3.8) is 0 Å². The minimum atomic E-state index is -0.500. The summed E-state index contributed by atoms with van der Waals surface area (Å²) in [4.78, 5) is 24.8. The van der Waals surface area contributed by atoms with Crippen LogP contribution in [0.5, 0.6) is 0 Å². The van der Waals surface area contributed by atoms with E-state index in [2.05, 4.69) is 5.32 Å². The summed E-state index contributed by atoms with van der Waals surface area (Å²) in [6, 6.07) is 5.49. The zero-order chi connectivity index (χ0) is 14.7. The molecule has 1 saturated heterocycles. The van der Waals surface area contributed by atoms with Gasteiger partial charge in [-0.2, -0.15) is 5.26 Å². The standard InChI is InChI=1S/C14H14FN3O2/c1-2-12-14(20)17-13(19)8-18(12)7-10-3-9(6-16)4-11(15)5-10/h3-5,12H,2,7-8H2,1H3,(H,17,19,20). The Labute approximate surface area is 116 Å². The number of nitrogens with one attached hydrogen (secondary N) is 1. The minimum Gasteiger partial charge on any atom is -0.294 e. The van der Waals surface area contributed by atoms with Gasteiger partial charge in [-0.3, -0.25) is 19.8 Å². The van der Waals surface area contributed by atoms with Crippen molar-refractivity contribution in [3.8, 4) is 6.07 Å². The van der Waals surface area contributed by atoms with Crippen molar-refractivity contribution in [3.05, 3.63) is 35.1 Å². The zero-order valence-electron chi connectivity index (χ0n) is 11.0. The lowest BCUT2D eigenvalue weighted by Crippen LogP contribution is -2.57. The number of benzene rings is 1. The molecule has 0 saturated carbocycles. The van der Waals surface area contributed by atoms with Gasteiger partial charge in [0.1, 0.15) is 5.82 Å². The van der Waals surface area contributed by atoms with Crippen molar-refractivity contribution in [1.82, 2.24) is 10.2 Å². The van der Waals surface area contributed by atoms with Gasteiger partial charge >= 0.3 is 0 Å². The molecule has 6 heteroatoms. The Morgan fingerprint density at radius 2 is 2.20 bits per heavy atom. The molecule has 0 radical (unpaired) electrons. The summed E-state index contributed by atoms with van der Waals surface area (Å²) in [5.74, 6) is -1.20. The number of amides is 2. The Hall–Kier alpha value is -2.26. The SMILES string of the molecule is CCC1C(=O)NC(=O)CN1Cc1cc(F)cc(C#N)c1. The maximum absolute atomic E-state index is 13.4. The summed E-state index contributed by atoms with van der Waals surface area (Å²) >= 11 is 0. The number of nitrogens with zero attached hydrogens (tertiary/aromatic N) is 2. The molecule has 5 nitrogen and oxygen atoms in total. The van der Waals surface area contributed by atoms with E-state index in [1.165, 1.54) is 6.07 Å². The largest absolute Gasteiger partial charge is 0.294 e. The highest BCUT2D eigenvalue weighted by molar-refractivity contribution is 6.01. The first-order chi connectivity index (χ1) is 9.53. The van der Waals surface area contributed by atoms with Crippen molar-refractivity contribution in [2.75, 3.05) is 6.54 Å². The fourth-order valence-electron chi connectivity index (χ4n) is 2.37. The van der Waals surface area contributed by atoms with E-state index in [1.807, 2.05) is 13.0 Å². The number of carbonyl (C=O) groups is 2. The molecule has 1 fully saturated rings. The molecular weight excluding hydrogens is 261 g/mol. The van der Waals surface area contributed by atoms with E-state index in [1.54, 1.807) is 11.0 Å². The molecule has 0 bridgehead atoms. The highest BCUT2D eigenvalue weighted by Gasteiger charge is 2.32. The lowest BCUT2D eigenvalue weighted by atomic mass is 10.1. The Balaban J connectivity index is 2.23. The van der Waals surface area contributed by atoms with Crippen molar-refractivity contribution < 1.29 is 14.0 Å². The van der Waals surface area contributed by atoms with Gasteiger partial charge in [0.25, 0.3) is 0 Å². The smallest absolute Gasteiger partial charge is 0.243 e. The third kappa shape index (κ3) is 3.00. The predicted molar refractivity (Wildman–Crippen MR) is 68.8 cm³/mol. The molecule has 1 aliphatic heterocycles. The average Bonchev–Trinajstić information content (AvgIpc) is 2.37. The normalized spacial score (nSPS) is 19.6. The van der Waals surface area contributed by atoms with Gasteiger partial charge in [-0.25, -0.2) is 4.39 Å². The number of nitriles is 1. The van der Waals surface area contributed by atoms with Crippen molar-refractivity contribution in [1.29, 1.82) is 5.26 Å². The number of piperazine rings is 1. The van der Waals surface area contributed by atoms with Crippen molar-refractivity contribution in [2.24, 2.45) is 0 Å². The van der Waals surface area contributed by atoms with E-state index in [0.717, 1.165) is 6.07 Å². The first-order valence-corrected chi connectivity index (χ1v) is 6.30. The topological polar surface area (TPSA) is 73.2 Å². The van der Waals surface area contributed by atoms with Gasteiger partial charge in [0.2, 0.25) is 11.8 Å². The quantitative estimate of drug-likeness (QED) is 0.833. The number of carbonyl (C=O) groups excluding carboxylic acids is 2. The summed E-state index contributed by atoms with van der Waals surface area (Å²) in [5.41, 5.74) is 0.795. The van der Waals surface area contributed by atoms with Crippen LogP contribution in [0.1, 0.15) is 24.5 Å². The van der Waals surface area contributed by atoms with Crippen LogP contribution in [0.4, 0.5) is 4.39 Å². The molecule has 20 heavy (non-hydrogen) atoms. The maximum Gasteiger partial charge on any atom is 0.243 e. The van der Waals surface area contributed by atoms with Crippen LogP contribution in [-0.4, -0.2) is 29.3 Å². The second-order valence-electron chi connectivity index (χ2n) is 4.70. The maximum atomic E-state index is 13.4. The van der Waals surface area contributed by atoms with E-state index in [-0.39, 0.29) is 30.5 Å². The minimum absolute atomic E-state index is 0.0860. The van der Waals surface area contributed by atoms with Crippen LogP contribution >= 0.6 is 0 Å². The average molecular weight is 275 g/mol. The fourth-order valence-corrected chi connectivity index (χ4v) is 2.37. The van der Waals surface area contributed by atoms with Gasteiger partial charge in [-0.15, -0.1) is 0 Å². The first-order valence-electron chi connectivity index (χ1n) is 6.30. The Bertz CT molecular complexity index is 595. The highest BCUT2D eigenvalue weighted by atomic mass is 19.1. The molecule has 1 heterocycles. The molecule has 0 aliphatic carbocycles. The molecule has 0 spiro atoms. The van der Waals surface area contributed by atoms with Gasteiger partial charge in [0.05, 0.1) is 24.2 Å². The Kier molecular flexibility index (Phi) is 4.11. The van der Waals surface area contributed by atoms with Crippen LogP contribution in [0.2, 0.25) is 0 Å². The summed E-state index contributed by atoms with van der Waals surface area (Å²) < 4.78 is 13.4. The molecule has 2 amide bonds. The van der Waals surface area contributed by atoms with E-state index in [0.29, 0.717) is 12.0 Å². The molecule has 1 atom stereocenters. The molecule has 1 aliphatic rings. The van der Waals surface area contributed by atoms with Gasteiger partial charge in [-0.1, -0.05) is 6.92 Å². The van der Waals surface area contributed by atoms with Crippen LogP contribution in [0, 0.1) is 17.1 Å². The van der Waals surface area contributed by atoms with Gasteiger partial charge < -0.3 is 0 Å². The van der Waals surface area contributed by atoms with Gasteiger partial charge in [0, 0.05) is 6.54 Å². The molecule has 1 aromatic carbocycles. The fraction of sp³-hybridized carbons (Fsp3) is 0.357. The summed E-state index contributed by atoms with van der Waals surface area (Å²) in [6.07, 6.45) is 0.555. The number of hydrogen-bond donors (Lipinski definition) is 1. The van der Waals surface area contributed by atoms with E-state index in [9.17, 15) is 14.0 Å². The van der Waals surface area contributed by atoms with E-state index >= 15 is 0 Å². The lowest BCUT2D eigenvalue weighted by Gasteiger charge is -2.33. The molecule has 104 valence electrons. The Morgan fingerprint density at radius 3 is 2.85 bits per heavy atom. The summed E-state index contributed by atoms with van der Waals surface area (Å²) in [5, 5.41) is 11.1. The van der Waals surface area contributed by atoms with Crippen LogP contribution in [-0.2, 0) is 16.1 Å². The second kappa shape index (κ2) is 5.80. The molecule has 1 unspecified atom stereocenters. The molecule has 0 aromatic heterocycles.